The van der Waals surface area contributed by atoms with Gasteiger partial charge in [-0.25, -0.2) is 4.79 Å². The van der Waals surface area contributed by atoms with Crippen LogP contribution in [-0.2, 0) is 4.79 Å². The third-order valence-electron chi connectivity index (χ3n) is 6.05. The van der Waals surface area contributed by atoms with E-state index in [9.17, 15) is 9.59 Å². The minimum Gasteiger partial charge on any atom is -0.461 e. The molecule has 2 saturated heterocycles. The van der Waals surface area contributed by atoms with Crippen molar-refractivity contribution in [2.24, 2.45) is 0 Å². The van der Waals surface area contributed by atoms with E-state index in [4.69, 9.17) is 10.2 Å². The van der Waals surface area contributed by atoms with Crippen LogP contribution < -0.4 is 16.0 Å². The first-order valence-electron chi connectivity index (χ1n) is 11.5. The summed E-state index contributed by atoms with van der Waals surface area (Å²) in [6.07, 6.45) is 3.08. The first-order chi connectivity index (χ1) is 16.4. The van der Waals surface area contributed by atoms with Crippen molar-refractivity contribution in [1.29, 1.82) is 0 Å². The Morgan fingerprint density at radius 1 is 1.12 bits per heavy atom. The molecule has 0 radical (unpaired) electrons. The van der Waals surface area contributed by atoms with Crippen LogP contribution in [0.2, 0.25) is 0 Å². The van der Waals surface area contributed by atoms with Gasteiger partial charge in [-0.05, 0) is 38.8 Å². The zero-order valence-electron chi connectivity index (χ0n) is 19.2. The summed E-state index contributed by atoms with van der Waals surface area (Å²) < 4.78 is 6.72. The fourth-order valence-electron chi connectivity index (χ4n) is 4.37. The molecule has 1 atom stereocenters. The predicted molar refractivity (Wildman–Crippen MR) is 123 cm³/mol. The summed E-state index contributed by atoms with van der Waals surface area (Å²) in [5.41, 5.74) is 6.15. The van der Waals surface area contributed by atoms with Gasteiger partial charge in [0.15, 0.2) is 5.76 Å². The number of fused-ring (bicyclic) bond motifs is 1. The van der Waals surface area contributed by atoms with E-state index in [1.807, 2.05) is 23.6 Å². The first kappa shape index (κ1) is 21.9. The van der Waals surface area contributed by atoms with Crippen LogP contribution >= 0.6 is 0 Å². The maximum atomic E-state index is 13.4. The second-order valence-corrected chi connectivity index (χ2v) is 8.77. The Labute approximate surface area is 195 Å². The highest BCUT2D eigenvalue weighted by Gasteiger charge is 2.37. The third kappa shape index (κ3) is 4.08. The Morgan fingerprint density at radius 3 is 2.59 bits per heavy atom. The molecule has 3 amide bonds. The van der Waals surface area contributed by atoms with Crippen LogP contribution in [0, 0.1) is 0 Å². The lowest BCUT2D eigenvalue weighted by Crippen LogP contribution is -2.57. The number of amides is 3. The number of anilines is 2. The largest absolute Gasteiger partial charge is 0.461 e. The fraction of sp³-hybridized carbons (Fsp3) is 0.524. The number of nitrogens with one attached hydrogen (secondary N) is 1. The number of carbonyl (C=O) groups excluding carboxylic acids is 2. The lowest BCUT2D eigenvalue weighted by molar-refractivity contribution is -0.133. The fourth-order valence-corrected chi connectivity index (χ4v) is 4.37. The molecule has 3 aromatic heterocycles. The standard InChI is InChI=1S/C21H28N10O3/c1-13(2)23-21(33)29-10-8-28(9-11-29)17(32)14-5-3-7-30(14)19-25-18(22)31-20(26-19)24-16(27-31)15-6-4-12-34-15/h4,6,12-14H,3,5,7-11H2,1-2H3,(H,23,33)(H2,22,24,25,26,27)/t14-/m0/s1. The molecule has 2 aliphatic heterocycles. The minimum atomic E-state index is -0.384. The zero-order chi connectivity index (χ0) is 23.8. The molecule has 3 N–H and O–H groups in total. The lowest BCUT2D eigenvalue weighted by Gasteiger charge is -2.37. The van der Waals surface area contributed by atoms with Gasteiger partial charge in [0.2, 0.25) is 23.6 Å². The average Bonchev–Trinajstić information content (AvgIpc) is 3.58. The van der Waals surface area contributed by atoms with E-state index >= 15 is 0 Å². The molecule has 2 aliphatic rings. The number of hydrogen-bond acceptors (Lipinski definition) is 9. The van der Waals surface area contributed by atoms with E-state index in [0.717, 1.165) is 6.42 Å². The summed E-state index contributed by atoms with van der Waals surface area (Å²) in [6, 6.07) is 3.10. The zero-order valence-corrected chi connectivity index (χ0v) is 19.2. The molecule has 0 bridgehead atoms. The van der Waals surface area contributed by atoms with Gasteiger partial charge < -0.3 is 30.2 Å². The van der Waals surface area contributed by atoms with Crippen LogP contribution in [0.25, 0.3) is 17.4 Å². The van der Waals surface area contributed by atoms with Crippen molar-refractivity contribution in [3.8, 4) is 11.6 Å². The Bertz CT molecular complexity index is 1180. The second kappa shape index (κ2) is 8.80. The van der Waals surface area contributed by atoms with Gasteiger partial charge in [0.25, 0.3) is 5.78 Å². The van der Waals surface area contributed by atoms with Crippen LogP contribution in [0.15, 0.2) is 22.8 Å². The molecule has 2 fully saturated rings. The van der Waals surface area contributed by atoms with Crippen LogP contribution in [-0.4, -0.2) is 91.1 Å². The summed E-state index contributed by atoms with van der Waals surface area (Å²) >= 11 is 0. The summed E-state index contributed by atoms with van der Waals surface area (Å²) in [6.45, 7) is 6.48. The van der Waals surface area contributed by atoms with E-state index in [0.29, 0.717) is 56.7 Å². The lowest BCUT2D eigenvalue weighted by atomic mass is 10.1. The maximum absolute atomic E-state index is 13.4. The van der Waals surface area contributed by atoms with Crippen molar-refractivity contribution >= 4 is 29.6 Å². The van der Waals surface area contributed by atoms with Gasteiger partial charge in [-0.2, -0.15) is 19.5 Å². The van der Waals surface area contributed by atoms with Crippen molar-refractivity contribution in [3.05, 3.63) is 18.4 Å². The molecule has 0 aromatic carbocycles. The number of nitrogens with zero attached hydrogens (tertiary/aromatic N) is 8. The van der Waals surface area contributed by atoms with Gasteiger partial charge >= 0.3 is 6.03 Å². The number of hydrogen-bond donors (Lipinski definition) is 2. The third-order valence-corrected chi connectivity index (χ3v) is 6.05. The van der Waals surface area contributed by atoms with E-state index in [1.54, 1.807) is 23.3 Å². The van der Waals surface area contributed by atoms with E-state index < -0.39 is 0 Å². The van der Waals surface area contributed by atoms with E-state index in [1.165, 1.54) is 4.52 Å². The average molecular weight is 469 g/mol. The molecule has 180 valence electrons. The molecule has 13 heteroatoms. The number of aromatic nitrogens is 5. The van der Waals surface area contributed by atoms with Crippen LogP contribution in [0.1, 0.15) is 26.7 Å². The number of nitrogens with two attached hydrogens (primary N) is 1. The maximum Gasteiger partial charge on any atom is 0.317 e. The van der Waals surface area contributed by atoms with Crippen LogP contribution in [0.3, 0.4) is 0 Å². The predicted octanol–water partition coefficient (Wildman–Crippen LogP) is 0.593. The highest BCUT2D eigenvalue weighted by Crippen LogP contribution is 2.26. The molecule has 0 spiro atoms. The van der Waals surface area contributed by atoms with Gasteiger partial charge in [-0.15, -0.1) is 5.10 Å². The van der Waals surface area contributed by atoms with Gasteiger partial charge in [0.1, 0.15) is 6.04 Å². The van der Waals surface area contributed by atoms with Crippen molar-refractivity contribution in [3.63, 3.8) is 0 Å². The highest BCUT2D eigenvalue weighted by atomic mass is 16.3. The number of urea groups is 1. The summed E-state index contributed by atoms with van der Waals surface area (Å²) in [5, 5.41) is 7.22. The van der Waals surface area contributed by atoms with Crippen LogP contribution in [0.5, 0.6) is 0 Å². The topological polar surface area (TPSA) is 151 Å². The minimum absolute atomic E-state index is 0.0150. The monoisotopic (exact) mass is 468 g/mol. The number of carbonyl (C=O) groups is 2. The van der Waals surface area contributed by atoms with Gasteiger partial charge in [0, 0.05) is 38.8 Å². The SMILES string of the molecule is CC(C)NC(=O)N1CCN(C(=O)[C@@H]2CCCN2c2nc(N)n3nc(-c4ccco4)nc3n2)CC1. The molecule has 5 rings (SSSR count). The number of nitrogen functional groups attached to an aromatic ring is 1. The van der Waals surface area contributed by atoms with Gasteiger partial charge in [0.05, 0.1) is 6.26 Å². The molecular formula is C21H28N10O3. The number of piperazine rings is 1. The molecule has 13 nitrogen and oxygen atoms in total. The molecule has 0 aliphatic carbocycles. The molecule has 0 saturated carbocycles. The van der Waals surface area contributed by atoms with Gasteiger partial charge in [-0.3, -0.25) is 4.79 Å². The Hall–Kier alpha value is -3.90. The smallest absolute Gasteiger partial charge is 0.317 e. The molecule has 34 heavy (non-hydrogen) atoms. The van der Waals surface area contributed by atoms with Crippen molar-refractivity contribution in [2.45, 2.75) is 38.8 Å². The van der Waals surface area contributed by atoms with Crippen molar-refractivity contribution in [2.75, 3.05) is 43.4 Å². The Kier molecular flexibility index (Phi) is 5.67. The summed E-state index contributed by atoms with van der Waals surface area (Å²) in [5.74, 6) is 1.65. The van der Waals surface area contributed by atoms with Crippen LogP contribution in [0.4, 0.5) is 16.7 Å². The second-order valence-electron chi connectivity index (χ2n) is 8.77. The normalized spacial score (nSPS) is 18.8. The number of furan rings is 1. The Morgan fingerprint density at radius 2 is 1.88 bits per heavy atom. The van der Waals surface area contributed by atoms with Crippen molar-refractivity contribution < 1.29 is 14.0 Å². The summed E-state index contributed by atoms with van der Waals surface area (Å²) in [4.78, 5) is 44.4. The van der Waals surface area contributed by atoms with E-state index in [-0.39, 0.29) is 35.7 Å². The molecule has 0 unspecified atom stereocenters. The Balaban J connectivity index is 1.31. The van der Waals surface area contributed by atoms with Gasteiger partial charge in [-0.1, -0.05) is 0 Å². The molecule has 3 aromatic rings. The molecule has 5 heterocycles. The number of rotatable bonds is 4. The van der Waals surface area contributed by atoms with Crippen molar-refractivity contribution in [1.82, 2.24) is 39.7 Å². The molecular weight excluding hydrogens is 440 g/mol. The quantitative estimate of drug-likeness (QED) is 0.560. The van der Waals surface area contributed by atoms with E-state index in [2.05, 4.69) is 25.4 Å². The summed E-state index contributed by atoms with van der Waals surface area (Å²) in [7, 11) is 0. The first-order valence-corrected chi connectivity index (χ1v) is 11.5. The highest BCUT2D eigenvalue weighted by molar-refractivity contribution is 5.86.